The van der Waals surface area contributed by atoms with Crippen molar-refractivity contribution in [1.82, 2.24) is 0 Å². The van der Waals surface area contributed by atoms with Crippen molar-refractivity contribution in [2.75, 3.05) is 21.7 Å². The summed E-state index contributed by atoms with van der Waals surface area (Å²) in [5.74, 6) is 0.478. The molecular weight excluding hydrogens is 534 g/mol. The summed E-state index contributed by atoms with van der Waals surface area (Å²) in [5, 5.41) is 0. The number of rotatable bonds is 7. The first-order chi connectivity index (χ1) is 20.6. The maximum Gasteiger partial charge on any atom is 0.231 e. The third kappa shape index (κ3) is 8.79. The standard InChI is InChI=1S/C13H17NO.C13H19NO.C11H13NO/c1-10(2)14-12-8-4-3-6-11(12)7-5-9-13(14)15;1-11(2)14(3)13-9-5-4-7-12(13)8-6-10-15;1-8(2)12-10-6-4-3-5-9(10)7-11(12)13/h3-4,6,8,10H,5,7,9H2,1-2H3;4-5,7,9-11H,6,8H2,1-3H3;3-6,8H,7H2,1-2H3. The normalized spacial score (nSPS) is 14.0. The van der Waals surface area contributed by atoms with E-state index in [0.29, 0.717) is 25.3 Å². The van der Waals surface area contributed by atoms with Gasteiger partial charge in [-0.15, -0.1) is 0 Å². The molecule has 2 amide bonds. The lowest BCUT2D eigenvalue weighted by Gasteiger charge is -2.26. The Kier molecular flexibility index (Phi) is 12.5. The monoisotopic (exact) mass is 583 g/mol. The molecule has 0 N–H and O–H groups in total. The lowest BCUT2D eigenvalue weighted by molar-refractivity contribution is -0.119. The molecule has 0 unspecified atom stereocenters. The summed E-state index contributed by atoms with van der Waals surface area (Å²) in [4.78, 5) is 40.0. The molecule has 0 saturated heterocycles. The first kappa shape index (κ1) is 33.6. The molecule has 6 nitrogen and oxygen atoms in total. The van der Waals surface area contributed by atoms with Crippen LogP contribution in [0.2, 0.25) is 0 Å². The molecule has 6 heteroatoms. The first-order valence-electron chi connectivity index (χ1n) is 15.6. The van der Waals surface area contributed by atoms with Crippen molar-refractivity contribution >= 4 is 35.2 Å². The molecule has 43 heavy (non-hydrogen) atoms. The van der Waals surface area contributed by atoms with Crippen molar-refractivity contribution in [3.63, 3.8) is 0 Å². The van der Waals surface area contributed by atoms with Gasteiger partial charge in [0.25, 0.3) is 0 Å². The molecule has 3 aromatic carbocycles. The minimum Gasteiger partial charge on any atom is -0.372 e. The van der Waals surface area contributed by atoms with E-state index in [0.717, 1.165) is 42.5 Å². The number of benzene rings is 3. The van der Waals surface area contributed by atoms with Crippen molar-refractivity contribution in [2.24, 2.45) is 0 Å². The number of hydrogen-bond acceptors (Lipinski definition) is 4. The average Bonchev–Trinajstić information content (AvgIpc) is 3.23. The summed E-state index contributed by atoms with van der Waals surface area (Å²) in [6.07, 6.45) is 5.64. The predicted octanol–water partition coefficient (Wildman–Crippen LogP) is 7.41. The zero-order valence-corrected chi connectivity index (χ0v) is 27.0. The van der Waals surface area contributed by atoms with Crippen molar-refractivity contribution in [1.29, 1.82) is 0 Å². The maximum atomic E-state index is 11.9. The Balaban J connectivity index is 0.000000177. The van der Waals surface area contributed by atoms with Crippen molar-refractivity contribution in [3.05, 3.63) is 89.5 Å². The van der Waals surface area contributed by atoms with E-state index in [4.69, 9.17) is 0 Å². The van der Waals surface area contributed by atoms with Gasteiger partial charge < -0.3 is 19.5 Å². The molecule has 0 bridgehead atoms. The number of aryl methyl sites for hydroxylation is 2. The lowest BCUT2D eigenvalue weighted by atomic mass is 10.1. The van der Waals surface area contributed by atoms with Gasteiger partial charge in [0.1, 0.15) is 6.29 Å². The largest absolute Gasteiger partial charge is 0.372 e. The van der Waals surface area contributed by atoms with Gasteiger partial charge in [-0.2, -0.15) is 0 Å². The number of hydrogen-bond donors (Lipinski definition) is 0. The number of anilines is 3. The van der Waals surface area contributed by atoms with Gasteiger partial charge in [0.2, 0.25) is 11.8 Å². The lowest BCUT2D eigenvalue weighted by Crippen LogP contribution is -2.36. The summed E-state index contributed by atoms with van der Waals surface area (Å²) < 4.78 is 0. The number of nitrogens with zero attached hydrogens (tertiary/aromatic N) is 3. The molecular formula is C37H49N3O3. The van der Waals surface area contributed by atoms with Crippen molar-refractivity contribution in [3.8, 4) is 0 Å². The van der Waals surface area contributed by atoms with Crippen molar-refractivity contribution < 1.29 is 14.4 Å². The van der Waals surface area contributed by atoms with Crippen LogP contribution in [-0.2, 0) is 33.6 Å². The number of para-hydroxylation sites is 3. The van der Waals surface area contributed by atoms with E-state index in [9.17, 15) is 14.4 Å². The Labute approximate surface area is 258 Å². The third-order valence-electron chi connectivity index (χ3n) is 7.93. The summed E-state index contributed by atoms with van der Waals surface area (Å²) in [5.41, 5.74) is 7.13. The quantitative estimate of drug-likeness (QED) is 0.272. The molecule has 3 aromatic rings. The Morgan fingerprint density at radius 1 is 0.721 bits per heavy atom. The van der Waals surface area contributed by atoms with E-state index < -0.39 is 0 Å². The van der Waals surface area contributed by atoms with Gasteiger partial charge in [-0.25, -0.2) is 0 Å². The van der Waals surface area contributed by atoms with Crippen LogP contribution in [0.1, 0.15) is 77.5 Å². The molecule has 0 radical (unpaired) electrons. The molecule has 2 aliphatic rings. The van der Waals surface area contributed by atoms with Crippen LogP contribution in [0, 0.1) is 0 Å². The van der Waals surface area contributed by atoms with Crippen LogP contribution in [-0.4, -0.2) is 43.3 Å². The second-order valence-electron chi connectivity index (χ2n) is 12.0. The smallest absolute Gasteiger partial charge is 0.231 e. The molecule has 5 rings (SSSR count). The van der Waals surface area contributed by atoms with E-state index in [1.807, 2.05) is 72.2 Å². The van der Waals surface area contributed by atoms with Gasteiger partial charge in [-0.1, -0.05) is 54.6 Å². The van der Waals surface area contributed by atoms with Crippen LogP contribution < -0.4 is 14.7 Å². The van der Waals surface area contributed by atoms with Crippen LogP contribution in [0.15, 0.2) is 72.8 Å². The Hall–Kier alpha value is -3.93. The second-order valence-corrected chi connectivity index (χ2v) is 12.0. The summed E-state index contributed by atoms with van der Waals surface area (Å²) >= 11 is 0. The van der Waals surface area contributed by atoms with Crippen LogP contribution in [0.25, 0.3) is 0 Å². The highest BCUT2D eigenvalue weighted by Gasteiger charge is 2.28. The Morgan fingerprint density at radius 2 is 1.26 bits per heavy atom. The molecule has 2 heterocycles. The highest BCUT2D eigenvalue weighted by atomic mass is 16.2. The third-order valence-corrected chi connectivity index (χ3v) is 7.93. The molecule has 0 fully saturated rings. The number of carbonyl (C=O) groups is 3. The van der Waals surface area contributed by atoms with E-state index >= 15 is 0 Å². The topological polar surface area (TPSA) is 60.9 Å². The van der Waals surface area contributed by atoms with Crippen LogP contribution in [0.4, 0.5) is 17.1 Å². The predicted molar refractivity (Wildman–Crippen MR) is 179 cm³/mol. The zero-order valence-electron chi connectivity index (χ0n) is 27.0. The summed E-state index contributed by atoms with van der Waals surface area (Å²) in [6, 6.07) is 25.5. The zero-order chi connectivity index (χ0) is 31.5. The molecule has 0 aromatic heterocycles. The second kappa shape index (κ2) is 16.1. The minimum absolute atomic E-state index is 0.219. The molecule has 0 atom stereocenters. The van der Waals surface area contributed by atoms with Crippen LogP contribution >= 0.6 is 0 Å². The minimum atomic E-state index is 0.219. The number of amides is 2. The highest BCUT2D eigenvalue weighted by Crippen LogP contribution is 2.30. The number of carbonyl (C=O) groups excluding carboxylic acids is 3. The average molecular weight is 584 g/mol. The van der Waals surface area contributed by atoms with Gasteiger partial charge in [0, 0.05) is 55.1 Å². The maximum absolute atomic E-state index is 11.9. The van der Waals surface area contributed by atoms with Gasteiger partial charge >= 0.3 is 0 Å². The fourth-order valence-corrected chi connectivity index (χ4v) is 5.61. The number of fused-ring (bicyclic) bond motifs is 2. The molecule has 2 aliphatic heterocycles. The van der Waals surface area contributed by atoms with E-state index in [2.05, 4.69) is 63.9 Å². The van der Waals surface area contributed by atoms with E-state index in [1.165, 1.54) is 16.8 Å². The molecule has 0 saturated carbocycles. The van der Waals surface area contributed by atoms with Gasteiger partial charge in [0.05, 0.1) is 6.42 Å². The summed E-state index contributed by atoms with van der Waals surface area (Å²) in [7, 11) is 2.09. The molecule has 230 valence electrons. The highest BCUT2D eigenvalue weighted by molar-refractivity contribution is 6.01. The summed E-state index contributed by atoms with van der Waals surface area (Å²) in [6.45, 7) is 12.5. The van der Waals surface area contributed by atoms with E-state index in [-0.39, 0.29) is 23.9 Å². The van der Waals surface area contributed by atoms with Crippen LogP contribution in [0.3, 0.4) is 0 Å². The fraction of sp³-hybridized carbons (Fsp3) is 0.432. The Morgan fingerprint density at radius 3 is 1.86 bits per heavy atom. The van der Waals surface area contributed by atoms with Crippen molar-refractivity contribution in [2.45, 2.75) is 98.2 Å². The molecule has 0 spiro atoms. The fourth-order valence-electron chi connectivity index (χ4n) is 5.61. The van der Waals surface area contributed by atoms with Gasteiger partial charge in [-0.3, -0.25) is 9.59 Å². The van der Waals surface area contributed by atoms with Crippen LogP contribution in [0.5, 0.6) is 0 Å². The first-order valence-corrected chi connectivity index (χ1v) is 15.6. The van der Waals surface area contributed by atoms with Gasteiger partial charge in [-0.05, 0) is 95.7 Å². The SMILES string of the molecule is CC(C)N(C)c1ccccc1CCC=O.CC(C)N1C(=O)CCCc2ccccc21.CC(C)N1C(=O)Cc2ccccc21. The Bertz CT molecular complexity index is 1360. The number of aldehydes is 1. The van der Waals surface area contributed by atoms with E-state index in [1.54, 1.807) is 0 Å². The molecule has 0 aliphatic carbocycles. The van der Waals surface area contributed by atoms with Gasteiger partial charge in [0.15, 0.2) is 0 Å².